The number of aromatic nitrogens is 1. The Balaban J connectivity index is 2.12. The second kappa shape index (κ2) is 6.62. The molecular weight excluding hydrogens is 398 g/mol. The number of hydrogen-bond donors (Lipinski definition) is 2. The Morgan fingerprint density at radius 1 is 1.48 bits per heavy atom. The van der Waals surface area contributed by atoms with Gasteiger partial charge in [0.1, 0.15) is 0 Å². The first-order chi connectivity index (χ1) is 9.79. The van der Waals surface area contributed by atoms with Gasteiger partial charge in [-0.25, -0.2) is 18.1 Å². The van der Waals surface area contributed by atoms with E-state index in [4.69, 9.17) is 17.3 Å². The minimum absolute atomic E-state index is 0.0296. The van der Waals surface area contributed by atoms with Crippen LogP contribution in [0.4, 0.5) is 5.69 Å². The van der Waals surface area contributed by atoms with Crippen molar-refractivity contribution >= 4 is 54.6 Å². The molecule has 0 amide bonds. The van der Waals surface area contributed by atoms with Gasteiger partial charge < -0.3 is 5.73 Å². The maximum absolute atomic E-state index is 12.3. The monoisotopic (exact) mass is 409 g/mol. The summed E-state index contributed by atoms with van der Waals surface area (Å²) < 4.78 is 27.4. The molecule has 0 fully saturated rings. The van der Waals surface area contributed by atoms with Gasteiger partial charge in [0.2, 0.25) is 10.0 Å². The molecule has 1 aromatic carbocycles. The van der Waals surface area contributed by atoms with Crippen molar-refractivity contribution in [3.63, 3.8) is 0 Å². The minimum Gasteiger partial charge on any atom is -0.398 e. The maximum atomic E-state index is 12.3. The van der Waals surface area contributed by atoms with Gasteiger partial charge in [-0.3, -0.25) is 0 Å². The van der Waals surface area contributed by atoms with Crippen molar-refractivity contribution < 1.29 is 8.42 Å². The highest BCUT2D eigenvalue weighted by atomic mass is 79.9. The van der Waals surface area contributed by atoms with E-state index in [0.29, 0.717) is 10.9 Å². The Hall–Kier alpha value is -0.670. The zero-order valence-electron chi connectivity index (χ0n) is 11.1. The van der Waals surface area contributed by atoms with Gasteiger partial charge in [0.15, 0.2) is 0 Å². The maximum Gasteiger partial charge on any atom is 0.241 e. The number of nitrogens with two attached hydrogens (primary N) is 1. The minimum atomic E-state index is -3.68. The van der Waals surface area contributed by atoms with Crippen molar-refractivity contribution in [3.05, 3.63) is 37.7 Å². The molecule has 0 saturated heterocycles. The molecule has 3 N–H and O–H groups in total. The molecular formula is C12H13BrClN3O2S2. The number of anilines is 1. The van der Waals surface area contributed by atoms with Crippen LogP contribution in [-0.2, 0) is 16.4 Å². The molecule has 0 aliphatic heterocycles. The average molecular weight is 411 g/mol. The summed E-state index contributed by atoms with van der Waals surface area (Å²) in [6.45, 7) is 2.16. The molecule has 0 aliphatic carbocycles. The van der Waals surface area contributed by atoms with Crippen molar-refractivity contribution in [1.29, 1.82) is 0 Å². The van der Waals surface area contributed by atoms with Crippen LogP contribution < -0.4 is 10.5 Å². The fraction of sp³-hybridized carbons (Fsp3) is 0.250. The van der Waals surface area contributed by atoms with Crippen LogP contribution in [0, 0.1) is 6.92 Å². The highest BCUT2D eigenvalue weighted by molar-refractivity contribution is 9.10. The van der Waals surface area contributed by atoms with Crippen LogP contribution in [0.3, 0.4) is 0 Å². The topological polar surface area (TPSA) is 85.1 Å². The molecule has 1 aromatic heterocycles. The van der Waals surface area contributed by atoms with Crippen LogP contribution in [0.25, 0.3) is 0 Å². The third kappa shape index (κ3) is 4.17. The summed E-state index contributed by atoms with van der Waals surface area (Å²) in [7, 11) is -3.68. The molecule has 0 radical (unpaired) electrons. The van der Waals surface area contributed by atoms with Gasteiger partial charge in [0.05, 0.1) is 20.1 Å². The Morgan fingerprint density at radius 3 is 2.81 bits per heavy atom. The Labute approximate surface area is 140 Å². The summed E-state index contributed by atoms with van der Waals surface area (Å²) in [5.41, 5.74) is 6.85. The normalized spacial score (nSPS) is 11.8. The van der Waals surface area contributed by atoms with Crippen molar-refractivity contribution in [2.24, 2.45) is 0 Å². The van der Waals surface area contributed by atoms with Crippen LogP contribution in [0.5, 0.6) is 0 Å². The highest BCUT2D eigenvalue weighted by Gasteiger charge is 2.19. The number of hydrogen-bond acceptors (Lipinski definition) is 5. The molecule has 9 heteroatoms. The number of nitrogens with one attached hydrogen (secondary N) is 1. The van der Waals surface area contributed by atoms with Gasteiger partial charge in [-0.05, 0) is 35.0 Å². The molecule has 0 aliphatic rings. The second-order valence-corrected chi connectivity index (χ2v) is 8.34. The van der Waals surface area contributed by atoms with E-state index in [1.54, 1.807) is 0 Å². The van der Waals surface area contributed by atoms with Crippen LogP contribution in [-0.4, -0.2) is 19.9 Å². The number of benzene rings is 1. The quantitative estimate of drug-likeness (QED) is 0.742. The van der Waals surface area contributed by atoms with E-state index in [1.165, 1.54) is 23.5 Å². The fourth-order valence-electron chi connectivity index (χ4n) is 1.69. The number of thiazole rings is 1. The third-order valence-electron chi connectivity index (χ3n) is 2.66. The van der Waals surface area contributed by atoms with Crippen molar-refractivity contribution in [1.82, 2.24) is 9.71 Å². The summed E-state index contributed by atoms with van der Waals surface area (Å²) >= 11 is 10.6. The predicted octanol–water partition coefficient (Wildman–Crippen LogP) is 2.97. The lowest BCUT2D eigenvalue weighted by atomic mass is 10.3. The van der Waals surface area contributed by atoms with Gasteiger partial charge in [0, 0.05) is 29.1 Å². The lowest BCUT2D eigenvalue weighted by molar-refractivity contribution is 0.581. The smallest absolute Gasteiger partial charge is 0.241 e. The molecule has 0 bridgehead atoms. The van der Waals surface area contributed by atoms with E-state index in [2.05, 4.69) is 25.6 Å². The number of halogens is 2. The van der Waals surface area contributed by atoms with Crippen molar-refractivity contribution in [3.8, 4) is 0 Å². The van der Waals surface area contributed by atoms with Gasteiger partial charge in [-0.2, -0.15) is 0 Å². The summed E-state index contributed by atoms with van der Waals surface area (Å²) in [5, 5.41) is 3.14. The Morgan fingerprint density at radius 2 is 2.19 bits per heavy atom. The zero-order chi connectivity index (χ0) is 15.6. The second-order valence-electron chi connectivity index (χ2n) is 4.31. The third-order valence-corrected chi connectivity index (χ3v) is 6.33. The highest BCUT2D eigenvalue weighted by Crippen LogP contribution is 2.31. The number of rotatable bonds is 5. The number of aryl methyl sites for hydroxylation is 1. The van der Waals surface area contributed by atoms with Crippen LogP contribution in [0.2, 0.25) is 5.02 Å². The van der Waals surface area contributed by atoms with Gasteiger partial charge >= 0.3 is 0 Å². The Bertz CT molecular complexity index is 762. The lowest BCUT2D eigenvalue weighted by Crippen LogP contribution is -2.26. The molecule has 0 atom stereocenters. The van der Waals surface area contributed by atoms with Crippen LogP contribution >= 0.6 is 38.9 Å². The molecule has 0 spiro atoms. The van der Waals surface area contributed by atoms with Crippen molar-refractivity contribution in [2.75, 3.05) is 12.3 Å². The van der Waals surface area contributed by atoms with Gasteiger partial charge in [-0.15, -0.1) is 11.3 Å². The molecule has 114 valence electrons. The number of nitrogens with zero attached hydrogens (tertiary/aromatic N) is 1. The molecule has 0 saturated carbocycles. The van der Waals surface area contributed by atoms with Crippen LogP contribution in [0.1, 0.15) is 10.7 Å². The van der Waals surface area contributed by atoms with E-state index in [-0.39, 0.29) is 22.2 Å². The summed E-state index contributed by atoms with van der Waals surface area (Å²) in [5.74, 6) is 0. The molecule has 2 aromatic rings. The van der Waals surface area contributed by atoms with E-state index in [0.717, 1.165) is 10.7 Å². The molecule has 1 heterocycles. The number of nitrogen functional groups attached to an aromatic ring is 1. The average Bonchev–Trinajstić information content (AvgIpc) is 2.79. The lowest BCUT2D eigenvalue weighted by Gasteiger charge is -2.10. The fourth-order valence-corrected chi connectivity index (χ4v) is 4.66. The predicted molar refractivity (Wildman–Crippen MR) is 89.3 cm³/mol. The number of sulfonamides is 1. The van der Waals surface area contributed by atoms with Crippen LogP contribution in [0.15, 0.2) is 26.9 Å². The van der Waals surface area contributed by atoms with Gasteiger partial charge in [-0.1, -0.05) is 11.6 Å². The molecule has 2 rings (SSSR count). The van der Waals surface area contributed by atoms with Crippen molar-refractivity contribution in [2.45, 2.75) is 18.2 Å². The first kappa shape index (κ1) is 16.7. The summed E-state index contributed by atoms with van der Waals surface area (Å²) in [6.07, 6.45) is 0.525. The summed E-state index contributed by atoms with van der Waals surface area (Å²) in [6, 6.07) is 2.85. The SMILES string of the molecule is Cc1nc(CCNS(=O)(=O)c2cc(Cl)cc(N)c2Br)cs1. The summed E-state index contributed by atoms with van der Waals surface area (Å²) in [4.78, 5) is 4.31. The van der Waals surface area contributed by atoms with Gasteiger partial charge in [0.25, 0.3) is 0 Å². The van der Waals surface area contributed by atoms with E-state index < -0.39 is 10.0 Å². The zero-order valence-corrected chi connectivity index (χ0v) is 15.0. The van der Waals surface area contributed by atoms with E-state index in [9.17, 15) is 8.42 Å². The Kier molecular flexibility index (Phi) is 5.26. The van der Waals surface area contributed by atoms with E-state index >= 15 is 0 Å². The standard InChI is InChI=1S/C12H13BrClN3O2S2/c1-7-17-9(6-20-7)2-3-16-21(18,19)11-5-8(14)4-10(15)12(11)13/h4-6,16H,2-3,15H2,1H3. The molecule has 5 nitrogen and oxygen atoms in total. The molecule has 21 heavy (non-hydrogen) atoms. The largest absolute Gasteiger partial charge is 0.398 e. The molecule has 0 unspecified atom stereocenters. The first-order valence-electron chi connectivity index (χ1n) is 5.95. The first-order valence-corrected chi connectivity index (χ1v) is 9.48. The van der Waals surface area contributed by atoms with E-state index in [1.807, 2.05) is 12.3 Å².